The molecular formula is C14H18N4O. The van der Waals surface area contributed by atoms with E-state index in [2.05, 4.69) is 10.4 Å². The smallest absolute Gasteiger partial charge is 0.244 e. The van der Waals surface area contributed by atoms with E-state index in [9.17, 15) is 4.79 Å². The lowest BCUT2D eigenvalue weighted by molar-refractivity contribution is -0.125. The third-order valence-electron chi connectivity index (χ3n) is 3.12. The Morgan fingerprint density at radius 2 is 2.11 bits per heavy atom. The number of benzene rings is 1. The molecule has 19 heavy (non-hydrogen) atoms. The molecule has 3 N–H and O–H groups in total. The average Bonchev–Trinajstić information content (AvgIpc) is 2.91. The molecule has 1 heterocycles. The van der Waals surface area contributed by atoms with Crippen molar-refractivity contribution in [2.24, 2.45) is 5.73 Å². The fraction of sp³-hybridized carbons (Fsp3) is 0.286. The molecule has 0 aliphatic heterocycles. The Bertz CT molecular complexity index is 524. The van der Waals surface area contributed by atoms with Gasteiger partial charge in [-0.05, 0) is 18.2 Å². The van der Waals surface area contributed by atoms with Gasteiger partial charge in [-0.15, -0.1) is 0 Å². The van der Waals surface area contributed by atoms with Crippen LogP contribution in [0.1, 0.15) is 12.5 Å². The summed E-state index contributed by atoms with van der Waals surface area (Å²) in [6, 6.07) is 11.3. The average molecular weight is 258 g/mol. The van der Waals surface area contributed by atoms with E-state index < -0.39 is 11.4 Å². The molecule has 5 heteroatoms. The predicted molar refractivity (Wildman–Crippen MR) is 73.2 cm³/mol. The second-order valence-electron chi connectivity index (χ2n) is 4.37. The fourth-order valence-electron chi connectivity index (χ4n) is 2.22. The van der Waals surface area contributed by atoms with Gasteiger partial charge in [0, 0.05) is 12.4 Å². The lowest BCUT2D eigenvalue weighted by Crippen LogP contribution is -2.55. The van der Waals surface area contributed by atoms with Crippen LogP contribution in [0.4, 0.5) is 0 Å². The fourth-order valence-corrected chi connectivity index (χ4v) is 2.22. The summed E-state index contributed by atoms with van der Waals surface area (Å²) in [5, 5.41) is 7.37. The molecule has 0 aliphatic carbocycles. The number of primary amides is 1. The zero-order valence-electron chi connectivity index (χ0n) is 10.9. The molecular weight excluding hydrogens is 240 g/mol. The molecule has 0 saturated carbocycles. The quantitative estimate of drug-likeness (QED) is 0.807. The van der Waals surface area contributed by atoms with E-state index in [-0.39, 0.29) is 0 Å². The zero-order chi connectivity index (χ0) is 13.7. The monoisotopic (exact) mass is 258 g/mol. The van der Waals surface area contributed by atoms with Gasteiger partial charge in [0.25, 0.3) is 0 Å². The number of rotatable bonds is 6. The second kappa shape index (κ2) is 5.67. The molecule has 0 aliphatic rings. The Hall–Kier alpha value is -2.14. The van der Waals surface area contributed by atoms with Crippen molar-refractivity contribution in [1.82, 2.24) is 15.1 Å². The number of carbonyl (C=O) groups excluding carboxylic acids is 1. The molecule has 2 aromatic rings. The Kier molecular flexibility index (Phi) is 3.97. The molecule has 2 rings (SSSR count). The van der Waals surface area contributed by atoms with Crippen LogP contribution < -0.4 is 11.1 Å². The molecule has 1 atom stereocenters. The molecule has 5 nitrogen and oxygen atoms in total. The summed E-state index contributed by atoms with van der Waals surface area (Å²) in [6.45, 7) is 2.95. The van der Waals surface area contributed by atoms with Crippen molar-refractivity contribution in [2.45, 2.75) is 19.0 Å². The van der Waals surface area contributed by atoms with E-state index in [1.807, 2.05) is 49.5 Å². The summed E-state index contributed by atoms with van der Waals surface area (Å²) in [7, 11) is 0. The van der Waals surface area contributed by atoms with Crippen molar-refractivity contribution in [1.29, 1.82) is 0 Å². The first-order chi connectivity index (χ1) is 9.19. The van der Waals surface area contributed by atoms with Gasteiger partial charge in [0.1, 0.15) is 5.54 Å². The van der Waals surface area contributed by atoms with Crippen LogP contribution in [0.3, 0.4) is 0 Å². The Morgan fingerprint density at radius 3 is 2.63 bits per heavy atom. The van der Waals surface area contributed by atoms with Crippen molar-refractivity contribution < 1.29 is 4.79 Å². The van der Waals surface area contributed by atoms with Crippen molar-refractivity contribution in [3.8, 4) is 0 Å². The first-order valence-corrected chi connectivity index (χ1v) is 6.27. The van der Waals surface area contributed by atoms with Gasteiger partial charge in [-0.2, -0.15) is 5.10 Å². The van der Waals surface area contributed by atoms with Crippen LogP contribution in [-0.4, -0.2) is 22.2 Å². The first kappa shape index (κ1) is 13.3. The van der Waals surface area contributed by atoms with Crippen LogP contribution in [0.2, 0.25) is 0 Å². The molecule has 0 fully saturated rings. The highest BCUT2D eigenvalue weighted by atomic mass is 16.1. The predicted octanol–water partition coefficient (Wildman–Crippen LogP) is 0.873. The maximum atomic E-state index is 12.1. The molecule has 1 aromatic carbocycles. The standard InChI is InChI=1S/C14H18N4O/c1-2-16-14(13(15)19,11-18-10-6-9-17-18)12-7-4-3-5-8-12/h3-10,16H,2,11H2,1H3,(H2,15,19). The minimum Gasteiger partial charge on any atom is -0.368 e. The minimum atomic E-state index is -0.942. The molecule has 0 spiro atoms. The van der Waals surface area contributed by atoms with Gasteiger partial charge in [0.15, 0.2) is 0 Å². The number of nitrogens with zero attached hydrogens (tertiary/aromatic N) is 2. The molecule has 100 valence electrons. The number of aromatic nitrogens is 2. The maximum absolute atomic E-state index is 12.1. The summed E-state index contributed by atoms with van der Waals surface area (Å²) < 4.78 is 1.71. The summed E-state index contributed by atoms with van der Waals surface area (Å²) in [4.78, 5) is 12.1. The number of likely N-dealkylation sites (N-methyl/N-ethyl adjacent to an activating group) is 1. The van der Waals surface area contributed by atoms with E-state index in [0.29, 0.717) is 13.1 Å². The lowest BCUT2D eigenvalue weighted by Gasteiger charge is -2.32. The van der Waals surface area contributed by atoms with Crippen LogP contribution in [0.25, 0.3) is 0 Å². The number of nitrogens with one attached hydrogen (secondary N) is 1. The normalized spacial score (nSPS) is 13.9. The van der Waals surface area contributed by atoms with Crippen molar-refractivity contribution in [2.75, 3.05) is 6.54 Å². The Labute approximate surface area is 112 Å². The van der Waals surface area contributed by atoms with E-state index in [1.165, 1.54) is 0 Å². The molecule has 0 saturated heterocycles. The highest BCUT2D eigenvalue weighted by molar-refractivity contribution is 5.86. The molecule has 1 amide bonds. The third kappa shape index (κ3) is 2.66. The van der Waals surface area contributed by atoms with Crippen LogP contribution in [-0.2, 0) is 16.9 Å². The number of nitrogens with two attached hydrogens (primary N) is 1. The molecule has 0 radical (unpaired) electrons. The van der Waals surface area contributed by atoms with E-state index in [1.54, 1.807) is 10.9 Å². The van der Waals surface area contributed by atoms with Crippen LogP contribution in [0, 0.1) is 0 Å². The molecule has 1 aromatic heterocycles. The second-order valence-corrected chi connectivity index (χ2v) is 4.37. The van der Waals surface area contributed by atoms with Gasteiger partial charge in [0.2, 0.25) is 5.91 Å². The number of hydrogen-bond acceptors (Lipinski definition) is 3. The summed E-state index contributed by atoms with van der Waals surface area (Å²) >= 11 is 0. The lowest BCUT2D eigenvalue weighted by atomic mass is 9.88. The van der Waals surface area contributed by atoms with E-state index >= 15 is 0 Å². The summed E-state index contributed by atoms with van der Waals surface area (Å²) in [5.74, 6) is -0.406. The topological polar surface area (TPSA) is 72.9 Å². The number of hydrogen-bond donors (Lipinski definition) is 2. The zero-order valence-corrected chi connectivity index (χ0v) is 10.9. The Morgan fingerprint density at radius 1 is 1.37 bits per heavy atom. The van der Waals surface area contributed by atoms with Gasteiger partial charge in [-0.3, -0.25) is 14.8 Å². The first-order valence-electron chi connectivity index (χ1n) is 6.27. The third-order valence-corrected chi connectivity index (χ3v) is 3.12. The number of carbonyl (C=O) groups is 1. The molecule has 0 bridgehead atoms. The van der Waals surface area contributed by atoms with Crippen LogP contribution in [0.15, 0.2) is 48.8 Å². The highest BCUT2D eigenvalue weighted by Gasteiger charge is 2.38. The van der Waals surface area contributed by atoms with Crippen molar-refractivity contribution in [3.05, 3.63) is 54.4 Å². The highest BCUT2D eigenvalue weighted by Crippen LogP contribution is 2.23. The summed E-state index contributed by atoms with van der Waals surface area (Å²) in [5.41, 5.74) is 5.57. The van der Waals surface area contributed by atoms with Gasteiger partial charge < -0.3 is 5.73 Å². The van der Waals surface area contributed by atoms with Gasteiger partial charge in [0.05, 0.1) is 6.54 Å². The van der Waals surface area contributed by atoms with Crippen LogP contribution >= 0.6 is 0 Å². The Balaban J connectivity index is 2.44. The number of amides is 1. The maximum Gasteiger partial charge on any atom is 0.244 e. The van der Waals surface area contributed by atoms with Gasteiger partial charge >= 0.3 is 0 Å². The van der Waals surface area contributed by atoms with Gasteiger partial charge in [-0.1, -0.05) is 37.3 Å². The van der Waals surface area contributed by atoms with E-state index in [0.717, 1.165) is 5.56 Å². The minimum absolute atomic E-state index is 0.368. The molecule has 1 unspecified atom stereocenters. The van der Waals surface area contributed by atoms with Gasteiger partial charge in [-0.25, -0.2) is 0 Å². The SMILES string of the molecule is CCNC(Cn1cccn1)(C(N)=O)c1ccccc1. The van der Waals surface area contributed by atoms with E-state index in [4.69, 9.17) is 5.73 Å². The van der Waals surface area contributed by atoms with Crippen molar-refractivity contribution in [3.63, 3.8) is 0 Å². The largest absolute Gasteiger partial charge is 0.368 e. The summed E-state index contributed by atoms with van der Waals surface area (Å²) in [6.07, 6.45) is 3.50. The van der Waals surface area contributed by atoms with Crippen LogP contribution in [0.5, 0.6) is 0 Å². The van der Waals surface area contributed by atoms with Crippen molar-refractivity contribution >= 4 is 5.91 Å².